The Morgan fingerprint density at radius 1 is 1.16 bits per heavy atom. The van der Waals surface area contributed by atoms with E-state index in [1.807, 2.05) is 0 Å². The number of carbonyl (C=O) groups excluding carboxylic acids is 1. The van der Waals surface area contributed by atoms with Gasteiger partial charge < -0.3 is 9.47 Å². The van der Waals surface area contributed by atoms with Gasteiger partial charge in [-0.1, -0.05) is 11.6 Å². The van der Waals surface area contributed by atoms with Crippen molar-refractivity contribution in [2.75, 3.05) is 7.11 Å². The molecule has 0 saturated carbocycles. The lowest BCUT2D eigenvalue weighted by Crippen LogP contribution is -2.07. The third-order valence-corrected chi connectivity index (χ3v) is 3.41. The van der Waals surface area contributed by atoms with Crippen molar-refractivity contribution >= 4 is 23.6 Å². The van der Waals surface area contributed by atoms with Crippen LogP contribution >= 0.6 is 11.6 Å². The Hall–Kier alpha value is -2.81. The molecule has 0 bridgehead atoms. The summed E-state index contributed by atoms with van der Waals surface area (Å²) in [5.74, 6) is -0.470. The summed E-state index contributed by atoms with van der Waals surface area (Å²) in [6, 6.07) is 4.94. The predicted molar refractivity (Wildman–Crippen MR) is 81.6 cm³/mol. The summed E-state index contributed by atoms with van der Waals surface area (Å²) in [4.78, 5) is 20.8. The number of halogens is 4. The summed E-state index contributed by atoms with van der Waals surface area (Å²) in [5, 5.41) is 10.3. The van der Waals surface area contributed by atoms with Crippen molar-refractivity contribution in [1.29, 1.82) is 0 Å². The van der Waals surface area contributed by atoms with Crippen molar-refractivity contribution in [3.05, 3.63) is 56.6 Å². The highest BCUT2D eigenvalue weighted by Crippen LogP contribution is 2.43. The average molecular weight is 376 g/mol. The Bertz CT molecular complexity index is 839. The number of hydrogen-bond donors (Lipinski definition) is 0. The number of nitrogens with zero attached hydrogens (tertiary/aromatic N) is 1. The molecule has 0 N–H and O–H groups in total. The Balaban J connectivity index is 2.55. The number of carbonyl (C=O) groups is 1. The van der Waals surface area contributed by atoms with Gasteiger partial charge in [-0.25, -0.2) is 0 Å². The van der Waals surface area contributed by atoms with Crippen molar-refractivity contribution < 1.29 is 32.4 Å². The normalized spacial score (nSPS) is 11.1. The number of methoxy groups -OCH3 is 1. The van der Waals surface area contributed by atoms with E-state index in [2.05, 4.69) is 0 Å². The molecule has 0 fully saturated rings. The molecule has 0 heterocycles. The molecular weight excluding hydrogens is 367 g/mol. The smallest absolute Gasteiger partial charge is 0.418 e. The molecule has 0 atom stereocenters. The number of nitro groups is 1. The van der Waals surface area contributed by atoms with E-state index < -0.39 is 33.1 Å². The van der Waals surface area contributed by atoms with Gasteiger partial charge in [0.1, 0.15) is 6.29 Å². The summed E-state index contributed by atoms with van der Waals surface area (Å²) in [7, 11) is 1.27. The number of hydrogen-bond acceptors (Lipinski definition) is 5. The molecule has 6 nitrogen and oxygen atoms in total. The molecule has 0 aromatic heterocycles. The van der Waals surface area contributed by atoms with Gasteiger partial charge in [0.05, 0.1) is 22.6 Å². The maximum atomic E-state index is 12.9. The molecule has 0 aliphatic heterocycles. The second kappa shape index (κ2) is 6.98. The van der Waals surface area contributed by atoms with Crippen LogP contribution in [0.4, 0.5) is 18.9 Å². The Labute approximate surface area is 143 Å². The fourth-order valence-electron chi connectivity index (χ4n) is 1.95. The molecule has 0 radical (unpaired) electrons. The maximum Gasteiger partial charge on any atom is 0.418 e. The van der Waals surface area contributed by atoms with Crippen LogP contribution in [0.25, 0.3) is 0 Å². The van der Waals surface area contributed by atoms with Crippen LogP contribution in [0.15, 0.2) is 30.3 Å². The quantitative estimate of drug-likeness (QED) is 0.423. The molecule has 2 aromatic carbocycles. The topological polar surface area (TPSA) is 78.7 Å². The molecule has 0 aliphatic rings. The minimum Gasteiger partial charge on any atom is -0.493 e. The van der Waals surface area contributed by atoms with Gasteiger partial charge >= 0.3 is 11.9 Å². The largest absolute Gasteiger partial charge is 0.493 e. The fourth-order valence-corrected chi connectivity index (χ4v) is 2.21. The zero-order valence-corrected chi connectivity index (χ0v) is 13.2. The second-order valence-corrected chi connectivity index (χ2v) is 5.09. The maximum absolute atomic E-state index is 12.9. The molecule has 0 amide bonds. The van der Waals surface area contributed by atoms with Gasteiger partial charge in [-0.2, -0.15) is 13.2 Å². The van der Waals surface area contributed by atoms with E-state index in [1.54, 1.807) is 0 Å². The Morgan fingerprint density at radius 2 is 1.84 bits per heavy atom. The number of rotatable bonds is 5. The van der Waals surface area contributed by atoms with E-state index in [4.69, 9.17) is 21.1 Å². The Kier molecular flexibility index (Phi) is 5.17. The van der Waals surface area contributed by atoms with Gasteiger partial charge in [-0.05, 0) is 18.2 Å². The van der Waals surface area contributed by atoms with Gasteiger partial charge in [-0.15, -0.1) is 0 Å². The zero-order chi connectivity index (χ0) is 18.8. The lowest BCUT2D eigenvalue weighted by molar-refractivity contribution is -0.385. The van der Waals surface area contributed by atoms with Crippen molar-refractivity contribution in [3.63, 3.8) is 0 Å². The molecule has 10 heteroatoms. The highest BCUT2D eigenvalue weighted by Gasteiger charge is 2.36. The molecule has 0 aliphatic carbocycles. The first kappa shape index (κ1) is 18.5. The molecule has 25 heavy (non-hydrogen) atoms. The number of ether oxygens (including phenoxy) is 2. The van der Waals surface area contributed by atoms with Crippen LogP contribution < -0.4 is 9.47 Å². The van der Waals surface area contributed by atoms with E-state index in [1.165, 1.54) is 25.3 Å². The SMILES string of the molecule is COc1cc(C=O)ccc1Oc1cc(Cl)c(C(F)(F)F)cc1[N+](=O)[O-]. The monoisotopic (exact) mass is 375 g/mol. The first-order valence-corrected chi connectivity index (χ1v) is 6.91. The summed E-state index contributed by atoms with van der Waals surface area (Å²) in [6.07, 6.45) is -4.31. The van der Waals surface area contributed by atoms with Gasteiger partial charge in [0.2, 0.25) is 5.75 Å². The van der Waals surface area contributed by atoms with E-state index in [0.717, 1.165) is 0 Å². The van der Waals surface area contributed by atoms with E-state index in [0.29, 0.717) is 18.4 Å². The summed E-state index contributed by atoms with van der Waals surface area (Å²) in [6.45, 7) is 0. The van der Waals surface area contributed by atoms with Crippen LogP contribution in [0.1, 0.15) is 15.9 Å². The minimum absolute atomic E-state index is 0.0352. The third-order valence-electron chi connectivity index (χ3n) is 3.09. The molecule has 0 saturated heterocycles. The van der Waals surface area contributed by atoms with Crippen molar-refractivity contribution in [3.8, 4) is 17.2 Å². The third kappa shape index (κ3) is 4.00. The molecule has 2 rings (SSSR count). The van der Waals surface area contributed by atoms with E-state index in [-0.39, 0.29) is 17.1 Å². The van der Waals surface area contributed by atoms with Crippen LogP contribution in [-0.4, -0.2) is 18.3 Å². The average Bonchev–Trinajstić information content (AvgIpc) is 2.53. The van der Waals surface area contributed by atoms with Gasteiger partial charge in [0, 0.05) is 17.7 Å². The van der Waals surface area contributed by atoms with E-state index in [9.17, 15) is 28.1 Å². The van der Waals surface area contributed by atoms with Crippen LogP contribution in [0.3, 0.4) is 0 Å². The number of alkyl halides is 3. The van der Waals surface area contributed by atoms with Crippen LogP contribution in [0.5, 0.6) is 17.2 Å². The number of aldehydes is 1. The first-order valence-electron chi connectivity index (χ1n) is 6.53. The van der Waals surface area contributed by atoms with Gasteiger partial charge in [0.15, 0.2) is 11.5 Å². The summed E-state index contributed by atoms with van der Waals surface area (Å²) in [5.41, 5.74) is -2.01. The van der Waals surface area contributed by atoms with Crippen LogP contribution in [0.2, 0.25) is 5.02 Å². The van der Waals surface area contributed by atoms with E-state index >= 15 is 0 Å². The Morgan fingerprint density at radius 3 is 2.36 bits per heavy atom. The molecule has 2 aromatic rings. The van der Waals surface area contributed by atoms with Crippen LogP contribution in [-0.2, 0) is 6.18 Å². The minimum atomic E-state index is -4.86. The molecule has 132 valence electrons. The number of benzene rings is 2. The van der Waals surface area contributed by atoms with Crippen molar-refractivity contribution in [2.24, 2.45) is 0 Å². The zero-order valence-electron chi connectivity index (χ0n) is 12.5. The fraction of sp³-hybridized carbons (Fsp3) is 0.133. The lowest BCUT2D eigenvalue weighted by atomic mass is 10.1. The highest BCUT2D eigenvalue weighted by molar-refractivity contribution is 6.31. The highest BCUT2D eigenvalue weighted by atomic mass is 35.5. The first-order chi connectivity index (χ1) is 11.7. The van der Waals surface area contributed by atoms with Crippen molar-refractivity contribution in [2.45, 2.75) is 6.18 Å². The summed E-state index contributed by atoms with van der Waals surface area (Å²) < 4.78 is 48.9. The van der Waals surface area contributed by atoms with Gasteiger partial charge in [0.25, 0.3) is 0 Å². The standard InChI is InChI=1S/C15H9ClF3NO5/c1-24-14-4-8(7-21)2-3-12(14)25-13-6-10(16)9(15(17,18)19)5-11(13)20(22)23/h2-7H,1H3. The van der Waals surface area contributed by atoms with Gasteiger partial charge in [-0.3, -0.25) is 14.9 Å². The lowest BCUT2D eigenvalue weighted by Gasteiger charge is -2.13. The number of nitro benzene ring substituents is 1. The predicted octanol–water partition coefficient (Wildman–Crippen LogP) is 4.88. The van der Waals surface area contributed by atoms with Crippen LogP contribution in [0, 0.1) is 10.1 Å². The second-order valence-electron chi connectivity index (χ2n) is 4.68. The molecule has 0 spiro atoms. The molecule has 0 unspecified atom stereocenters. The molecular formula is C15H9ClF3NO5. The van der Waals surface area contributed by atoms with Crippen molar-refractivity contribution in [1.82, 2.24) is 0 Å². The summed E-state index contributed by atoms with van der Waals surface area (Å²) >= 11 is 5.58.